The first kappa shape index (κ1) is 21.4. The van der Waals surface area contributed by atoms with Gasteiger partial charge < -0.3 is 20.3 Å². The summed E-state index contributed by atoms with van der Waals surface area (Å²) in [4.78, 5) is 11.0. The summed E-state index contributed by atoms with van der Waals surface area (Å²) >= 11 is 6.27. The molecular weight excluding hydrogens is 386 g/mol. The lowest BCUT2D eigenvalue weighted by Crippen LogP contribution is -2.44. The van der Waals surface area contributed by atoms with Gasteiger partial charge in [-0.15, -0.1) is 0 Å². The molecule has 2 aromatic rings. The monoisotopic (exact) mass is 415 g/mol. The average molecular weight is 416 g/mol. The number of ether oxygens (including phenoxy) is 1. The van der Waals surface area contributed by atoms with Gasteiger partial charge in [-0.3, -0.25) is 4.99 Å². The molecule has 156 valence electrons. The van der Waals surface area contributed by atoms with Gasteiger partial charge in [-0.25, -0.2) is 4.98 Å². The lowest BCUT2D eigenvalue weighted by atomic mass is 10.2. The summed E-state index contributed by atoms with van der Waals surface area (Å²) in [5, 5.41) is 7.60. The fraction of sp³-hybridized carbons (Fsp3) is 0.455. The van der Waals surface area contributed by atoms with Gasteiger partial charge in [0.25, 0.3) is 0 Å². The summed E-state index contributed by atoms with van der Waals surface area (Å²) in [6.07, 6.45) is 4.87. The first-order valence-electron chi connectivity index (χ1n) is 10.2. The van der Waals surface area contributed by atoms with Crippen LogP contribution in [0.25, 0.3) is 0 Å². The van der Waals surface area contributed by atoms with Gasteiger partial charge in [-0.05, 0) is 37.0 Å². The minimum Gasteiger partial charge on any atom is -0.377 e. The SMILES string of the molecule is CN=C(NCCCCOCc1ccccc1)NC1CCN(c2ncccc2Cl)C1. The highest BCUT2D eigenvalue weighted by atomic mass is 35.5. The third-order valence-electron chi connectivity index (χ3n) is 4.91. The minimum atomic E-state index is 0.327. The highest BCUT2D eigenvalue weighted by Crippen LogP contribution is 2.25. The number of hydrogen-bond acceptors (Lipinski definition) is 4. The molecule has 0 amide bonds. The van der Waals surface area contributed by atoms with Gasteiger partial charge in [0.1, 0.15) is 5.82 Å². The smallest absolute Gasteiger partial charge is 0.191 e. The molecular formula is C22H30ClN5O. The molecule has 1 atom stereocenters. The van der Waals surface area contributed by atoms with Crippen LogP contribution < -0.4 is 15.5 Å². The van der Waals surface area contributed by atoms with Gasteiger partial charge in [-0.1, -0.05) is 41.9 Å². The largest absolute Gasteiger partial charge is 0.377 e. The topological polar surface area (TPSA) is 61.8 Å². The Bertz CT molecular complexity index is 771. The molecule has 1 aliphatic rings. The zero-order valence-corrected chi connectivity index (χ0v) is 17.7. The Morgan fingerprint density at radius 1 is 1.24 bits per heavy atom. The number of unbranched alkanes of at least 4 members (excludes halogenated alkanes) is 1. The standard InChI is InChI=1S/C22H30ClN5O/c1-24-22(26-12-5-6-15-29-17-18-8-3-2-4-9-18)27-19-11-14-28(16-19)21-20(23)10-7-13-25-21/h2-4,7-10,13,19H,5-6,11-12,14-17H2,1H3,(H2,24,26,27). The lowest BCUT2D eigenvalue weighted by molar-refractivity contribution is 0.117. The van der Waals surface area contributed by atoms with Crippen molar-refractivity contribution in [3.05, 3.63) is 59.2 Å². The van der Waals surface area contributed by atoms with E-state index in [9.17, 15) is 0 Å². The Labute approximate surface area is 178 Å². The Kier molecular flexibility index (Phi) is 8.58. The molecule has 0 bridgehead atoms. The zero-order chi connectivity index (χ0) is 20.3. The molecule has 1 aromatic carbocycles. The van der Waals surface area contributed by atoms with E-state index in [0.29, 0.717) is 17.7 Å². The van der Waals surface area contributed by atoms with Gasteiger partial charge >= 0.3 is 0 Å². The second kappa shape index (κ2) is 11.6. The predicted octanol–water partition coefficient (Wildman–Crippen LogP) is 3.48. The maximum absolute atomic E-state index is 6.27. The van der Waals surface area contributed by atoms with Crippen molar-refractivity contribution >= 4 is 23.4 Å². The van der Waals surface area contributed by atoms with Crippen molar-refractivity contribution in [3.63, 3.8) is 0 Å². The average Bonchev–Trinajstić information content (AvgIpc) is 3.21. The van der Waals surface area contributed by atoms with Crippen LogP contribution in [0.3, 0.4) is 0 Å². The maximum Gasteiger partial charge on any atom is 0.191 e. The molecule has 29 heavy (non-hydrogen) atoms. The number of benzene rings is 1. The molecule has 3 rings (SSSR count). The predicted molar refractivity (Wildman–Crippen MR) is 120 cm³/mol. The molecule has 1 aliphatic heterocycles. The van der Waals surface area contributed by atoms with E-state index < -0.39 is 0 Å². The van der Waals surface area contributed by atoms with Crippen LogP contribution in [-0.2, 0) is 11.3 Å². The second-order valence-corrected chi connectivity index (χ2v) is 7.54. The molecule has 1 aromatic heterocycles. The van der Waals surface area contributed by atoms with Crippen LogP contribution in [0.15, 0.2) is 53.7 Å². The van der Waals surface area contributed by atoms with E-state index in [1.807, 2.05) is 30.3 Å². The van der Waals surface area contributed by atoms with Crippen molar-refractivity contribution in [2.75, 3.05) is 38.2 Å². The zero-order valence-electron chi connectivity index (χ0n) is 17.0. The van der Waals surface area contributed by atoms with Gasteiger partial charge in [0.15, 0.2) is 5.96 Å². The van der Waals surface area contributed by atoms with E-state index in [4.69, 9.17) is 16.3 Å². The number of nitrogens with one attached hydrogen (secondary N) is 2. The molecule has 7 heteroatoms. The highest BCUT2D eigenvalue weighted by molar-refractivity contribution is 6.32. The van der Waals surface area contributed by atoms with Crippen LogP contribution in [0.1, 0.15) is 24.8 Å². The molecule has 0 spiro atoms. The number of aromatic nitrogens is 1. The number of rotatable bonds is 9. The first-order chi connectivity index (χ1) is 14.3. The summed E-state index contributed by atoms with van der Waals surface area (Å²) in [6, 6.07) is 14.3. The Hall–Kier alpha value is -2.31. The van der Waals surface area contributed by atoms with Gasteiger partial charge in [0.05, 0.1) is 11.6 Å². The van der Waals surface area contributed by atoms with Crippen LogP contribution in [0.4, 0.5) is 5.82 Å². The van der Waals surface area contributed by atoms with Gasteiger partial charge in [0, 0.05) is 45.5 Å². The van der Waals surface area contributed by atoms with Gasteiger partial charge in [0.2, 0.25) is 0 Å². The van der Waals surface area contributed by atoms with Crippen LogP contribution >= 0.6 is 11.6 Å². The van der Waals surface area contributed by atoms with E-state index in [-0.39, 0.29) is 0 Å². The lowest BCUT2D eigenvalue weighted by Gasteiger charge is -2.20. The molecule has 2 heterocycles. The molecule has 2 N–H and O–H groups in total. The van der Waals surface area contributed by atoms with Crippen LogP contribution in [0.5, 0.6) is 0 Å². The summed E-state index contributed by atoms with van der Waals surface area (Å²) in [6.45, 7) is 4.12. The van der Waals surface area contributed by atoms with Crippen molar-refractivity contribution < 1.29 is 4.74 Å². The van der Waals surface area contributed by atoms with Crippen molar-refractivity contribution in [1.82, 2.24) is 15.6 Å². The summed E-state index contributed by atoms with van der Waals surface area (Å²) in [5.74, 6) is 1.70. The summed E-state index contributed by atoms with van der Waals surface area (Å²) < 4.78 is 5.73. The first-order valence-corrected chi connectivity index (χ1v) is 10.6. The van der Waals surface area contributed by atoms with Crippen molar-refractivity contribution in [3.8, 4) is 0 Å². The molecule has 0 aliphatic carbocycles. The van der Waals surface area contributed by atoms with E-state index in [0.717, 1.165) is 57.3 Å². The van der Waals surface area contributed by atoms with Crippen molar-refractivity contribution in [2.45, 2.75) is 31.9 Å². The van der Waals surface area contributed by atoms with Gasteiger partial charge in [-0.2, -0.15) is 0 Å². The Balaban J connectivity index is 1.29. The maximum atomic E-state index is 6.27. The number of nitrogens with zero attached hydrogens (tertiary/aromatic N) is 3. The molecule has 0 saturated carbocycles. The Morgan fingerprint density at radius 3 is 2.90 bits per heavy atom. The third-order valence-corrected chi connectivity index (χ3v) is 5.21. The molecule has 1 saturated heterocycles. The number of anilines is 1. The minimum absolute atomic E-state index is 0.327. The number of hydrogen-bond donors (Lipinski definition) is 2. The third kappa shape index (κ3) is 6.91. The second-order valence-electron chi connectivity index (χ2n) is 7.13. The quantitative estimate of drug-likeness (QED) is 0.373. The van der Waals surface area contributed by atoms with E-state index in [1.165, 1.54) is 5.56 Å². The number of halogens is 1. The van der Waals surface area contributed by atoms with E-state index in [1.54, 1.807) is 13.2 Å². The molecule has 6 nitrogen and oxygen atoms in total. The molecule has 1 fully saturated rings. The fourth-order valence-corrected chi connectivity index (χ4v) is 3.61. The van der Waals surface area contributed by atoms with Crippen LogP contribution in [0.2, 0.25) is 5.02 Å². The highest BCUT2D eigenvalue weighted by Gasteiger charge is 2.25. The summed E-state index contributed by atoms with van der Waals surface area (Å²) in [5.41, 5.74) is 1.22. The van der Waals surface area contributed by atoms with Crippen molar-refractivity contribution in [1.29, 1.82) is 0 Å². The fourth-order valence-electron chi connectivity index (χ4n) is 3.37. The van der Waals surface area contributed by atoms with Crippen LogP contribution in [0, 0.1) is 0 Å². The van der Waals surface area contributed by atoms with E-state index in [2.05, 4.69) is 37.6 Å². The molecule has 1 unspecified atom stereocenters. The molecule has 0 radical (unpaired) electrons. The van der Waals surface area contributed by atoms with E-state index >= 15 is 0 Å². The number of pyridine rings is 1. The van der Waals surface area contributed by atoms with Crippen LogP contribution in [-0.4, -0.2) is 50.3 Å². The van der Waals surface area contributed by atoms with Crippen molar-refractivity contribution in [2.24, 2.45) is 4.99 Å². The number of guanidine groups is 1. The Morgan fingerprint density at radius 2 is 2.10 bits per heavy atom. The summed E-state index contributed by atoms with van der Waals surface area (Å²) in [7, 11) is 1.81. The number of aliphatic imine (C=N–C) groups is 1. The normalized spacial score (nSPS) is 16.8.